The zero-order valence-electron chi connectivity index (χ0n) is 23.9. The van der Waals surface area contributed by atoms with Crippen molar-refractivity contribution in [1.29, 1.82) is 5.41 Å². The van der Waals surface area contributed by atoms with Crippen molar-refractivity contribution >= 4 is 23.5 Å². The Morgan fingerprint density at radius 1 is 1.09 bits per heavy atom. The van der Waals surface area contributed by atoms with E-state index in [9.17, 15) is 9.90 Å². The number of nitrogens with zero attached hydrogens (tertiary/aromatic N) is 3. The third-order valence-corrected chi connectivity index (χ3v) is 6.50. The van der Waals surface area contributed by atoms with Crippen molar-refractivity contribution in [1.82, 2.24) is 9.88 Å². The zero-order valence-corrected chi connectivity index (χ0v) is 23.9. The normalized spacial score (nSPS) is 13.6. The molecule has 234 valence electrons. The Balaban J connectivity index is 1.62. The Morgan fingerprint density at radius 2 is 1.80 bits per heavy atom. The van der Waals surface area contributed by atoms with Crippen LogP contribution in [0, 0.1) is 17.0 Å². The van der Waals surface area contributed by atoms with Gasteiger partial charge in [0.25, 0.3) is 11.8 Å². The van der Waals surface area contributed by atoms with Crippen LogP contribution < -0.4 is 31.4 Å². The Bertz CT molecular complexity index is 1540. The van der Waals surface area contributed by atoms with Gasteiger partial charge in [-0.25, -0.2) is 4.99 Å². The highest BCUT2D eigenvalue weighted by atomic mass is 19.1. The number of amidine groups is 1. The molecule has 0 amide bonds. The van der Waals surface area contributed by atoms with Crippen LogP contribution in [-0.2, 0) is 9.53 Å². The number of nitrogen functional groups attached to an aromatic ring is 1. The Labute approximate surface area is 251 Å². The van der Waals surface area contributed by atoms with Gasteiger partial charge in [-0.2, -0.15) is 13.8 Å². The van der Waals surface area contributed by atoms with Gasteiger partial charge in [0.05, 0.1) is 18.7 Å². The number of rotatable bonds is 12. The molecule has 0 saturated carbocycles. The summed E-state index contributed by atoms with van der Waals surface area (Å²) in [4.78, 5) is 21.5. The number of halogens is 2. The van der Waals surface area contributed by atoms with E-state index >= 15 is 8.78 Å². The molecule has 0 radical (unpaired) electrons. The van der Waals surface area contributed by atoms with Gasteiger partial charge in [0.1, 0.15) is 17.7 Å². The second kappa shape index (κ2) is 14.3. The van der Waals surface area contributed by atoms with Crippen LogP contribution in [0.4, 0.5) is 14.5 Å². The predicted octanol–water partition coefficient (Wildman–Crippen LogP) is 3.64. The molecule has 1 aliphatic heterocycles. The first-order valence-corrected chi connectivity index (χ1v) is 13.7. The minimum absolute atomic E-state index is 0.0683. The third-order valence-electron chi connectivity index (χ3n) is 6.50. The van der Waals surface area contributed by atoms with Crippen molar-refractivity contribution in [3.8, 4) is 34.8 Å². The number of hydrogen-bond donors (Lipinski definition) is 5. The number of pyridine rings is 1. The molecule has 0 aliphatic carbocycles. The summed E-state index contributed by atoms with van der Waals surface area (Å²) in [5.74, 6) is -6.22. The smallest absolute Gasteiger partial charge is 0.307 e. The largest absolute Gasteiger partial charge is 0.504 e. The van der Waals surface area contributed by atoms with E-state index in [-0.39, 0.29) is 41.2 Å². The molecular weight excluding hydrogens is 580 g/mol. The number of carbonyl (C=O) groups is 1. The van der Waals surface area contributed by atoms with Gasteiger partial charge in [-0.3, -0.25) is 10.2 Å². The predicted molar refractivity (Wildman–Crippen MR) is 157 cm³/mol. The summed E-state index contributed by atoms with van der Waals surface area (Å²) in [7, 11) is 0. The first-order valence-electron chi connectivity index (χ1n) is 13.7. The molecule has 1 aromatic heterocycles. The maximum atomic E-state index is 15.8. The Kier molecular flexibility index (Phi) is 10.3. The molecule has 2 aromatic carbocycles. The van der Waals surface area contributed by atoms with Gasteiger partial charge in [0.15, 0.2) is 17.5 Å². The Morgan fingerprint density at radius 3 is 2.45 bits per heavy atom. The van der Waals surface area contributed by atoms with E-state index in [0.29, 0.717) is 44.8 Å². The highest BCUT2D eigenvalue weighted by Gasteiger charge is 2.30. The monoisotopic (exact) mass is 613 g/mol. The van der Waals surface area contributed by atoms with Crippen LogP contribution in [0.15, 0.2) is 47.5 Å². The van der Waals surface area contributed by atoms with E-state index in [2.05, 4.69) is 9.98 Å². The molecular formula is C29H33F2N7O6. The number of hydrogen-bond acceptors (Lipinski definition) is 10. The number of carbonyl (C=O) groups excluding carboxylic acids is 1. The van der Waals surface area contributed by atoms with Crippen LogP contribution in [0.2, 0.25) is 0 Å². The van der Waals surface area contributed by atoms with Crippen molar-refractivity contribution in [2.75, 3.05) is 26.2 Å². The van der Waals surface area contributed by atoms with Crippen LogP contribution >= 0.6 is 0 Å². The minimum Gasteiger partial charge on any atom is -0.504 e. The van der Waals surface area contributed by atoms with E-state index in [1.54, 1.807) is 19.1 Å². The summed E-state index contributed by atoms with van der Waals surface area (Å²) in [6.07, 6.45) is 0.480. The van der Waals surface area contributed by atoms with E-state index in [0.717, 1.165) is 0 Å². The van der Waals surface area contributed by atoms with E-state index in [1.165, 1.54) is 30.3 Å². The fourth-order valence-electron chi connectivity index (χ4n) is 4.36. The highest BCUT2D eigenvalue weighted by molar-refractivity contribution is 5.95. The van der Waals surface area contributed by atoms with Crippen LogP contribution in [0.3, 0.4) is 0 Å². The summed E-state index contributed by atoms with van der Waals surface area (Å²) >= 11 is 0. The molecule has 2 heterocycles. The molecule has 8 N–H and O–H groups in total. The van der Waals surface area contributed by atoms with Crippen molar-refractivity contribution in [2.24, 2.45) is 22.2 Å². The molecule has 1 aliphatic rings. The summed E-state index contributed by atoms with van der Waals surface area (Å²) in [6.45, 7) is 3.57. The van der Waals surface area contributed by atoms with Crippen LogP contribution in [0.5, 0.6) is 34.8 Å². The second-order valence-corrected chi connectivity index (χ2v) is 9.73. The summed E-state index contributed by atoms with van der Waals surface area (Å²) < 4.78 is 53.5. The first-order chi connectivity index (χ1) is 21.0. The van der Waals surface area contributed by atoms with Crippen LogP contribution in [-0.4, -0.2) is 65.1 Å². The maximum absolute atomic E-state index is 15.8. The van der Waals surface area contributed by atoms with Gasteiger partial charge in [-0.15, -0.1) is 0 Å². The molecule has 1 saturated heterocycles. The van der Waals surface area contributed by atoms with E-state index in [4.69, 9.17) is 41.6 Å². The van der Waals surface area contributed by atoms with E-state index in [1.807, 2.05) is 4.90 Å². The average molecular weight is 614 g/mol. The lowest BCUT2D eigenvalue weighted by molar-refractivity contribution is -0.143. The molecule has 0 spiro atoms. The SMILES string of the molecule is CCOC(=O)CCN1CCC(Oc2c(F)c(Oc3cccc(N=C(N)N)c3)nc(Oc3cc(C(=N)N)ccc3O)c2F)CC1. The lowest BCUT2D eigenvalue weighted by atomic mass is 10.1. The molecule has 1 fully saturated rings. The molecule has 0 bridgehead atoms. The fraction of sp³-hybridized carbons (Fsp3) is 0.310. The van der Waals surface area contributed by atoms with Gasteiger partial charge in [-0.05, 0) is 50.1 Å². The van der Waals surface area contributed by atoms with Gasteiger partial charge in [0.2, 0.25) is 17.4 Å². The lowest BCUT2D eigenvalue weighted by Gasteiger charge is -2.32. The van der Waals surface area contributed by atoms with Crippen molar-refractivity contribution < 1.29 is 37.6 Å². The molecule has 0 atom stereocenters. The number of ether oxygens (including phenoxy) is 4. The number of aromatic hydroxyl groups is 1. The fourth-order valence-corrected chi connectivity index (χ4v) is 4.36. The molecule has 0 unspecified atom stereocenters. The zero-order chi connectivity index (χ0) is 31.8. The number of guanidine groups is 1. The van der Waals surface area contributed by atoms with Crippen LogP contribution in [0.1, 0.15) is 31.7 Å². The maximum Gasteiger partial charge on any atom is 0.307 e. The van der Waals surface area contributed by atoms with Gasteiger partial charge in [-0.1, -0.05) is 6.07 Å². The molecule has 44 heavy (non-hydrogen) atoms. The molecule has 13 nitrogen and oxygen atoms in total. The number of nitrogens with one attached hydrogen (secondary N) is 1. The number of likely N-dealkylation sites (tertiary alicyclic amines) is 1. The number of benzene rings is 2. The molecule has 3 aromatic rings. The van der Waals surface area contributed by atoms with Crippen molar-refractivity contribution in [2.45, 2.75) is 32.3 Å². The number of phenolic OH excluding ortho intramolecular Hbond substituents is 1. The first kappa shape index (κ1) is 31.7. The number of aromatic nitrogens is 1. The standard InChI is InChI=1S/C29H33F2N7O6/c1-2-41-22(40)10-13-38-11-8-18(9-12-38)42-25-23(30)27(43-19-5-3-4-17(15-19)36-29(34)35)37-28(24(25)31)44-21-14-16(26(32)33)6-7-20(21)39/h3-7,14-15,18,39H,2,8-13H2,1H3,(H3,32,33)(H4,34,35,36). The van der Waals surface area contributed by atoms with Crippen molar-refractivity contribution in [3.05, 3.63) is 59.7 Å². The minimum atomic E-state index is -1.28. The lowest BCUT2D eigenvalue weighted by Crippen LogP contribution is -2.39. The highest BCUT2D eigenvalue weighted by Crippen LogP contribution is 2.40. The Hall–Kier alpha value is -5.18. The number of phenols is 1. The van der Waals surface area contributed by atoms with Gasteiger partial charge >= 0.3 is 5.97 Å². The number of nitrogens with two attached hydrogens (primary N) is 3. The quantitative estimate of drug-likeness (QED) is 0.113. The summed E-state index contributed by atoms with van der Waals surface area (Å²) in [5.41, 5.74) is 16.9. The van der Waals surface area contributed by atoms with Crippen molar-refractivity contribution in [3.63, 3.8) is 0 Å². The molecule has 15 heteroatoms. The summed E-state index contributed by atoms with van der Waals surface area (Å²) in [6, 6.07) is 9.78. The third kappa shape index (κ3) is 8.22. The van der Waals surface area contributed by atoms with Crippen LogP contribution in [0.25, 0.3) is 0 Å². The van der Waals surface area contributed by atoms with E-state index < -0.39 is 41.0 Å². The van der Waals surface area contributed by atoms with Gasteiger partial charge in [0, 0.05) is 31.3 Å². The topological polar surface area (TPSA) is 205 Å². The number of aliphatic imine (C=N–C) groups is 1. The van der Waals surface area contributed by atoms with Gasteiger partial charge < -0.3 is 46.2 Å². The average Bonchev–Trinajstić information content (AvgIpc) is 2.98. The molecule has 4 rings (SSSR count). The number of piperidine rings is 1. The second-order valence-electron chi connectivity index (χ2n) is 9.73. The summed E-state index contributed by atoms with van der Waals surface area (Å²) in [5, 5.41) is 17.9. The number of esters is 1.